The van der Waals surface area contributed by atoms with Crippen molar-refractivity contribution in [3.8, 4) is 0 Å². The molecule has 0 aliphatic heterocycles. The first kappa shape index (κ1) is 9.96. The van der Waals surface area contributed by atoms with Gasteiger partial charge in [0.1, 0.15) is 0 Å². The van der Waals surface area contributed by atoms with E-state index in [1.54, 1.807) is 0 Å². The molecule has 0 N–H and O–H groups in total. The average molecular weight is 144 g/mol. The third-order valence-electron chi connectivity index (χ3n) is 2.69. The fourth-order valence-electron chi connectivity index (χ4n) is 1.10. The summed E-state index contributed by atoms with van der Waals surface area (Å²) >= 11 is 0. The van der Waals surface area contributed by atoms with E-state index in [-0.39, 0.29) is 0 Å². The molecule has 0 bridgehead atoms. The van der Waals surface area contributed by atoms with Gasteiger partial charge in [-0.2, -0.15) is 0 Å². The zero-order valence-corrected chi connectivity index (χ0v) is 8.31. The highest BCUT2D eigenvalue weighted by Crippen LogP contribution is 2.15. The van der Waals surface area contributed by atoms with E-state index in [2.05, 4.69) is 41.9 Å². The molecule has 0 heterocycles. The first-order valence-corrected chi connectivity index (χ1v) is 4.20. The van der Waals surface area contributed by atoms with E-state index < -0.39 is 0 Å². The molecule has 0 aliphatic carbocycles. The Balaban J connectivity index is 3.94. The van der Waals surface area contributed by atoms with E-state index >= 15 is 0 Å². The minimum Gasteiger partial charge on any atom is -0.328 e. The third-order valence-corrected chi connectivity index (χ3v) is 2.69. The Kier molecular flexibility index (Phi) is 3.37. The number of hydrogen-bond donors (Lipinski definition) is 0. The lowest BCUT2D eigenvalue weighted by molar-refractivity contribution is -0.897. The van der Waals surface area contributed by atoms with E-state index in [0.29, 0.717) is 0 Å². The zero-order chi connectivity index (χ0) is 8.36. The quantitative estimate of drug-likeness (QED) is 0.532. The molecule has 0 aromatic heterocycles. The summed E-state index contributed by atoms with van der Waals surface area (Å²) in [5, 5.41) is 0. The molecule has 0 amide bonds. The summed E-state index contributed by atoms with van der Waals surface area (Å²) in [6.07, 6.45) is 1.29. The highest BCUT2D eigenvalue weighted by Gasteiger charge is 2.22. The molecule has 0 aromatic carbocycles. The van der Waals surface area contributed by atoms with Crippen LogP contribution >= 0.6 is 0 Å². The van der Waals surface area contributed by atoms with Gasteiger partial charge in [-0.25, -0.2) is 0 Å². The highest BCUT2D eigenvalue weighted by atomic mass is 15.3. The van der Waals surface area contributed by atoms with Gasteiger partial charge >= 0.3 is 0 Å². The molecule has 62 valence electrons. The molecule has 10 heavy (non-hydrogen) atoms. The number of hydrogen-bond acceptors (Lipinski definition) is 0. The lowest BCUT2D eigenvalue weighted by Crippen LogP contribution is -2.46. The van der Waals surface area contributed by atoms with Gasteiger partial charge in [0.2, 0.25) is 0 Å². The van der Waals surface area contributed by atoms with E-state index in [4.69, 9.17) is 0 Å². The topological polar surface area (TPSA) is 0 Å². The van der Waals surface area contributed by atoms with Crippen LogP contribution in [0.15, 0.2) is 0 Å². The van der Waals surface area contributed by atoms with Crippen LogP contribution in [0.2, 0.25) is 0 Å². The molecular formula is C9H22N+. The smallest absolute Gasteiger partial charge is 0.0881 e. The van der Waals surface area contributed by atoms with Crippen molar-refractivity contribution >= 4 is 0 Å². The van der Waals surface area contributed by atoms with Crippen molar-refractivity contribution in [2.24, 2.45) is 5.92 Å². The molecule has 0 radical (unpaired) electrons. The van der Waals surface area contributed by atoms with Crippen molar-refractivity contribution in [3.05, 3.63) is 0 Å². The second-order valence-corrected chi connectivity index (χ2v) is 4.24. The Morgan fingerprint density at radius 1 is 1.10 bits per heavy atom. The summed E-state index contributed by atoms with van der Waals surface area (Å²) < 4.78 is 1.08. The predicted octanol–water partition coefficient (Wildman–Crippen LogP) is 2.13. The first-order chi connectivity index (χ1) is 4.39. The van der Waals surface area contributed by atoms with Crippen LogP contribution in [0.25, 0.3) is 0 Å². The minimum absolute atomic E-state index is 0.769. The normalized spacial score (nSPS) is 18.6. The maximum Gasteiger partial charge on any atom is 0.0881 e. The van der Waals surface area contributed by atoms with Crippen LogP contribution in [0.1, 0.15) is 27.2 Å². The summed E-state index contributed by atoms with van der Waals surface area (Å²) in [5.41, 5.74) is 0. The maximum atomic E-state index is 2.33. The van der Waals surface area contributed by atoms with Crippen molar-refractivity contribution in [3.63, 3.8) is 0 Å². The van der Waals surface area contributed by atoms with Crippen LogP contribution in [0, 0.1) is 5.92 Å². The number of rotatable bonds is 3. The van der Waals surface area contributed by atoms with E-state index in [0.717, 1.165) is 16.4 Å². The molecule has 0 saturated carbocycles. The Morgan fingerprint density at radius 2 is 1.50 bits per heavy atom. The molecule has 2 unspecified atom stereocenters. The van der Waals surface area contributed by atoms with Gasteiger partial charge in [0.15, 0.2) is 0 Å². The van der Waals surface area contributed by atoms with Crippen LogP contribution in [-0.4, -0.2) is 31.7 Å². The molecule has 0 saturated heterocycles. The Morgan fingerprint density at radius 3 is 1.60 bits per heavy atom. The van der Waals surface area contributed by atoms with Gasteiger partial charge in [0, 0.05) is 5.92 Å². The summed E-state index contributed by atoms with van der Waals surface area (Å²) in [6.45, 7) is 6.92. The van der Waals surface area contributed by atoms with Crippen LogP contribution in [0.3, 0.4) is 0 Å². The Bertz CT molecular complexity index is 91.4. The average Bonchev–Trinajstić information content (AvgIpc) is 1.83. The lowest BCUT2D eigenvalue weighted by Gasteiger charge is -2.35. The number of nitrogens with zero attached hydrogens (tertiary/aromatic N) is 1. The molecule has 0 aromatic rings. The zero-order valence-electron chi connectivity index (χ0n) is 8.31. The van der Waals surface area contributed by atoms with Crippen molar-refractivity contribution in [2.75, 3.05) is 21.1 Å². The molecule has 0 spiro atoms. The fraction of sp³-hybridized carbons (Fsp3) is 1.00. The lowest BCUT2D eigenvalue weighted by atomic mass is 9.99. The van der Waals surface area contributed by atoms with E-state index in [9.17, 15) is 0 Å². The summed E-state index contributed by atoms with van der Waals surface area (Å²) in [6, 6.07) is 0.769. The van der Waals surface area contributed by atoms with Crippen LogP contribution in [0.5, 0.6) is 0 Å². The minimum atomic E-state index is 0.769. The van der Waals surface area contributed by atoms with E-state index in [1.165, 1.54) is 6.42 Å². The second-order valence-electron chi connectivity index (χ2n) is 4.24. The van der Waals surface area contributed by atoms with Crippen molar-refractivity contribution in [1.82, 2.24) is 0 Å². The summed E-state index contributed by atoms with van der Waals surface area (Å²) in [7, 11) is 6.78. The molecular weight excluding hydrogens is 122 g/mol. The van der Waals surface area contributed by atoms with E-state index in [1.807, 2.05) is 0 Å². The molecule has 0 fully saturated rings. The Labute approximate surface area is 65.6 Å². The molecule has 1 heteroatoms. The van der Waals surface area contributed by atoms with Crippen molar-refractivity contribution < 1.29 is 4.48 Å². The maximum absolute atomic E-state index is 2.33. The molecule has 2 atom stereocenters. The van der Waals surface area contributed by atoms with Gasteiger partial charge in [-0.05, 0) is 13.3 Å². The predicted molar refractivity (Wildman–Crippen MR) is 46.9 cm³/mol. The van der Waals surface area contributed by atoms with Crippen LogP contribution in [-0.2, 0) is 0 Å². The summed E-state index contributed by atoms with van der Waals surface area (Å²) in [4.78, 5) is 0. The fourth-order valence-corrected chi connectivity index (χ4v) is 1.10. The van der Waals surface area contributed by atoms with Gasteiger partial charge in [-0.15, -0.1) is 0 Å². The standard InChI is InChI=1S/C9H22N/c1-7-8(2)9(3)10(4,5)6/h8-9H,7H2,1-6H3/q+1. The van der Waals surface area contributed by atoms with Gasteiger partial charge in [0.05, 0.1) is 27.2 Å². The SMILES string of the molecule is CCC(C)C(C)[N+](C)(C)C. The van der Waals surface area contributed by atoms with Gasteiger partial charge in [0.25, 0.3) is 0 Å². The van der Waals surface area contributed by atoms with Crippen molar-refractivity contribution in [1.29, 1.82) is 0 Å². The highest BCUT2D eigenvalue weighted by molar-refractivity contribution is 4.57. The van der Waals surface area contributed by atoms with Crippen LogP contribution < -0.4 is 0 Å². The largest absolute Gasteiger partial charge is 0.328 e. The first-order valence-electron chi connectivity index (χ1n) is 4.20. The second kappa shape index (κ2) is 3.38. The third kappa shape index (κ3) is 2.70. The molecule has 0 aliphatic rings. The number of quaternary nitrogens is 1. The summed E-state index contributed by atoms with van der Waals surface area (Å²) in [5.74, 6) is 0.833. The molecule has 0 rings (SSSR count). The van der Waals surface area contributed by atoms with Gasteiger partial charge in [-0.3, -0.25) is 0 Å². The Hall–Kier alpha value is -0.0400. The monoisotopic (exact) mass is 144 g/mol. The molecule has 1 nitrogen and oxygen atoms in total. The van der Waals surface area contributed by atoms with Gasteiger partial charge < -0.3 is 4.48 Å². The van der Waals surface area contributed by atoms with Crippen LogP contribution in [0.4, 0.5) is 0 Å². The van der Waals surface area contributed by atoms with Gasteiger partial charge in [-0.1, -0.05) is 13.8 Å². The van der Waals surface area contributed by atoms with Crippen molar-refractivity contribution in [2.45, 2.75) is 33.2 Å².